The molecule has 18 heavy (non-hydrogen) atoms. The molecule has 0 unspecified atom stereocenters. The fourth-order valence-corrected chi connectivity index (χ4v) is 2.22. The summed E-state index contributed by atoms with van der Waals surface area (Å²) in [5, 5.41) is 0. The molecule has 98 valence electrons. The molecule has 1 aromatic heterocycles. The third-order valence-corrected chi connectivity index (χ3v) is 3.52. The topological polar surface area (TPSA) is 78.2 Å². The van der Waals surface area contributed by atoms with Gasteiger partial charge >= 0.3 is 5.69 Å². The van der Waals surface area contributed by atoms with Crippen LogP contribution in [-0.4, -0.2) is 46.6 Å². The van der Waals surface area contributed by atoms with Crippen molar-refractivity contribution in [3.63, 3.8) is 0 Å². The van der Waals surface area contributed by atoms with Gasteiger partial charge in [0.05, 0.1) is 6.10 Å². The van der Waals surface area contributed by atoms with Gasteiger partial charge < -0.3 is 19.6 Å². The highest BCUT2D eigenvalue weighted by Crippen LogP contribution is 2.30. The van der Waals surface area contributed by atoms with Gasteiger partial charge in [-0.2, -0.15) is 0 Å². The van der Waals surface area contributed by atoms with E-state index >= 15 is 0 Å². The minimum atomic E-state index is -0.348. The molecule has 6 nitrogen and oxygen atoms in total. The fraction of sp³-hybridized carbons (Fsp3) is 0.667. The van der Waals surface area contributed by atoms with Gasteiger partial charge in [0.25, 0.3) is 5.91 Å². The average Bonchev–Trinajstić information content (AvgIpc) is 2.90. The van der Waals surface area contributed by atoms with Gasteiger partial charge in [0.1, 0.15) is 5.69 Å². The van der Waals surface area contributed by atoms with Crippen molar-refractivity contribution in [2.45, 2.75) is 25.4 Å². The molecule has 1 amide bonds. The van der Waals surface area contributed by atoms with Crippen LogP contribution in [0.4, 0.5) is 0 Å². The molecule has 0 bridgehead atoms. The molecule has 2 heterocycles. The zero-order valence-electron chi connectivity index (χ0n) is 10.1. The number of amides is 1. The second-order valence-corrected chi connectivity index (χ2v) is 5.10. The van der Waals surface area contributed by atoms with Crippen LogP contribution in [0.5, 0.6) is 0 Å². The Morgan fingerprint density at radius 1 is 1.44 bits per heavy atom. The normalized spacial score (nSPS) is 23.6. The van der Waals surface area contributed by atoms with E-state index in [-0.39, 0.29) is 17.7 Å². The summed E-state index contributed by atoms with van der Waals surface area (Å²) in [6, 6.07) is 0. The molecule has 0 radical (unpaired) electrons. The summed E-state index contributed by atoms with van der Waals surface area (Å²) < 4.78 is 5.77. The highest BCUT2D eigenvalue weighted by atomic mass is 16.5. The Morgan fingerprint density at radius 3 is 2.94 bits per heavy atom. The number of hydrogen-bond donors (Lipinski definition) is 2. The van der Waals surface area contributed by atoms with Gasteiger partial charge in [0, 0.05) is 25.9 Å². The number of likely N-dealkylation sites (tertiary alicyclic amines) is 1. The number of ether oxygens (including phenoxy) is 1. The largest absolute Gasteiger partial charge is 0.376 e. The van der Waals surface area contributed by atoms with Crippen molar-refractivity contribution in [3.05, 3.63) is 22.4 Å². The molecule has 6 heteroatoms. The van der Waals surface area contributed by atoms with Gasteiger partial charge in [0.15, 0.2) is 0 Å². The number of carbonyl (C=O) groups is 1. The number of aromatic nitrogens is 2. The third kappa shape index (κ3) is 2.48. The van der Waals surface area contributed by atoms with Crippen LogP contribution in [0.2, 0.25) is 0 Å². The molecular weight excluding hydrogens is 234 g/mol. The van der Waals surface area contributed by atoms with E-state index in [0.29, 0.717) is 18.8 Å². The molecule has 1 aromatic rings. The van der Waals surface area contributed by atoms with E-state index in [1.807, 2.05) is 0 Å². The fourth-order valence-electron chi connectivity index (χ4n) is 2.22. The molecule has 1 saturated heterocycles. The van der Waals surface area contributed by atoms with Crippen molar-refractivity contribution >= 4 is 5.91 Å². The monoisotopic (exact) mass is 251 g/mol. The SMILES string of the molecule is O=C(c1c[nH]c(=O)[nH]1)N1CC[C@H](OCC2CC2)C1. The van der Waals surface area contributed by atoms with Crippen LogP contribution < -0.4 is 5.69 Å². The summed E-state index contributed by atoms with van der Waals surface area (Å²) in [7, 11) is 0. The molecule has 1 aliphatic carbocycles. The van der Waals surface area contributed by atoms with Crippen LogP contribution in [0.1, 0.15) is 29.8 Å². The first kappa shape index (κ1) is 11.5. The molecule has 2 N–H and O–H groups in total. The minimum Gasteiger partial charge on any atom is -0.376 e. The van der Waals surface area contributed by atoms with Gasteiger partial charge in [-0.05, 0) is 25.2 Å². The molecular formula is C12H17N3O3. The van der Waals surface area contributed by atoms with Crippen LogP contribution in [0.15, 0.2) is 11.0 Å². The smallest absolute Gasteiger partial charge is 0.323 e. The number of carbonyl (C=O) groups excluding carboxylic acids is 1. The second-order valence-electron chi connectivity index (χ2n) is 5.10. The maximum Gasteiger partial charge on any atom is 0.323 e. The lowest BCUT2D eigenvalue weighted by molar-refractivity contribution is 0.0479. The number of imidazole rings is 1. The van der Waals surface area contributed by atoms with Crippen molar-refractivity contribution in [3.8, 4) is 0 Å². The molecule has 1 atom stereocenters. The van der Waals surface area contributed by atoms with Crippen LogP contribution in [0.25, 0.3) is 0 Å². The zero-order chi connectivity index (χ0) is 12.5. The minimum absolute atomic E-state index is 0.133. The van der Waals surface area contributed by atoms with Crippen molar-refractivity contribution in [2.24, 2.45) is 5.92 Å². The maximum absolute atomic E-state index is 12.0. The Balaban J connectivity index is 1.54. The lowest BCUT2D eigenvalue weighted by atomic mass is 10.3. The first-order valence-electron chi connectivity index (χ1n) is 6.41. The predicted molar refractivity (Wildman–Crippen MR) is 64.4 cm³/mol. The number of rotatable bonds is 4. The van der Waals surface area contributed by atoms with Gasteiger partial charge in [-0.15, -0.1) is 0 Å². The van der Waals surface area contributed by atoms with E-state index in [4.69, 9.17) is 4.74 Å². The van der Waals surface area contributed by atoms with Crippen molar-refractivity contribution < 1.29 is 9.53 Å². The zero-order valence-corrected chi connectivity index (χ0v) is 10.1. The van der Waals surface area contributed by atoms with Crippen LogP contribution in [0, 0.1) is 5.92 Å². The summed E-state index contributed by atoms with van der Waals surface area (Å²) in [5.41, 5.74) is -0.0260. The second kappa shape index (κ2) is 4.61. The highest BCUT2D eigenvalue weighted by Gasteiger charge is 2.30. The summed E-state index contributed by atoms with van der Waals surface area (Å²) >= 11 is 0. The van der Waals surface area contributed by atoms with Gasteiger partial charge in [-0.3, -0.25) is 4.79 Å². The standard InChI is InChI=1S/C12H17N3O3/c16-11(10-5-13-12(17)14-10)15-4-3-9(6-15)18-7-8-1-2-8/h5,8-9H,1-4,6-7H2,(H2,13,14,17)/t9-/m0/s1. The lowest BCUT2D eigenvalue weighted by Gasteiger charge is -2.15. The Hall–Kier alpha value is -1.56. The Labute approximate surface area is 104 Å². The van der Waals surface area contributed by atoms with Crippen molar-refractivity contribution in [2.75, 3.05) is 19.7 Å². The van der Waals surface area contributed by atoms with Crippen LogP contribution in [-0.2, 0) is 4.74 Å². The molecule has 1 aliphatic heterocycles. The van der Waals surface area contributed by atoms with E-state index < -0.39 is 0 Å². The van der Waals surface area contributed by atoms with Gasteiger partial charge in [0.2, 0.25) is 0 Å². The summed E-state index contributed by atoms with van der Waals surface area (Å²) in [4.78, 5) is 29.6. The van der Waals surface area contributed by atoms with Crippen LogP contribution in [0.3, 0.4) is 0 Å². The summed E-state index contributed by atoms with van der Waals surface area (Å²) in [5.74, 6) is 0.613. The van der Waals surface area contributed by atoms with E-state index in [9.17, 15) is 9.59 Å². The average molecular weight is 251 g/mol. The Kier molecular flexibility index (Phi) is 2.95. The van der Waals surface area contributed by atoms with Crippen molar-refractivity contribution in [1.29, 1.82) is 0 Å². The molecule has 0 spiro atoms. The summed E-state index contributed by atoms with van der Waals surface area (Å²) in [6.07, 6.45) is 5.01. The van der Waals surface area contributed by atoms with E-state index in [0.717, 1.165) is 18.9 Å². The quantitative estimate of drug-likeness (QED) is 0.810. The number of nitrogens with zero attached hydrogens (tertiary/aromatic N) is 1. The van der Waals surface area contributed by atoms with Gasteiger partial charge in [-0.25, -0.2) is 4.79 Å². The molecule has 1 saturated carbocycles. The molecule has 3 rings (SSSR count). The Morgan fingerprint density at radius 2 is 2.28 bits per heavy atom. The highest BCUT2D eigenvalue weighted by molar-refractivity contribution is 5.92. The first-order valence-corrected chi connectivity index (χ1v) is 6.41. The van der Waals surface area contributed by atoms with Crippen molar-refractivity contribution in [1.82, 2.24) is 14.9 Å². The number of nitrogens with one attached hydrogen (secondary N) is 2. The van der Waals surface area contributed by atoms with Crippen LogP contribution >= 0.6 is 0 Å². The predicted octanol–water partition coefficient (Wildman–Crippen LogP) is 0.344. The maximum atomic E-state index is 12.0. The molecule has 0 aromatic carbocycles. The Bertz CT molecular complexity index is 489. The molecule has 2 aliphatic rings. The lowest BCUT2D eigenvalue weighted by Crippen LogP contribution is -2.30. The van der Waals surface area contributed by atoms with E-state index in [2.05, 4.69) is 9.97 Å². The third-order valence-electron chi connectivity index (χ3n) is 3.52. The van der Waals surface area contributed by atoms with E-state index in [1.54, 1.807) is 4.90 Å². The summed E-state index contributed by atoms with van der Waals surface area (Å²) in [6.45, 7) is 2.15. The number of aromatic amines is 2. The molecule has 2 fully saturated rings. The van der Waals surface area contributed by atoms with Gasteiger partial charge in [-0.1, -0.05) is 0 Å². The number of hydrogen-bond acceptors (Lipinski definition) is 3. The first-order chi connectivity index (χ1) is 8.72. The van der Waals surface area contributed by atoms with E-state index in [1.165, 1.54) is 19.0 Å². The number of H-pyrrole nitrogens is 2.